The number of hydrogen-bond donors (Lipinski definition) is 1. The number of carbonyl (C=O) groups excluding carboxylic acids is 1. The van der Waals surface area contributed by atoms with Gasteiger partial charge in [0.15, 0.2) is 0 Å². The number of amides is 1. The lowest BCUT2D eigenvalue weighted by Gasteiger charge is -2.03. The van der Waals surface area contributed by atoms with Gasteiger partial charge in [0.05, 0.1) is 5.69 Å². The maximum Gasteiger partial charge on any atom is 0.267 e. The summed E-state index contributed by atoms with van der Waals surface area (Å²) in [6.07, 6.45) is 0. The molecule has 0 atom stereocenters. The SMILES string of the molecule is Cc1ccc(-c2nc(C)c(C(=O)Nc3ccc(Cl)cc3)s2)cc1. The van der Waals surface area contributed by atoms with Crippen LogP contribution in [0, 0.1) is 13.8 Å². The number of rotatable bonds is 3. The first kappa shape index (κ1) is 15.7. The van der Waals surface area contributed by atoms with Crippen LogP contribution < -0.4 is 5.32 Å². The van der Waals surface area contributed by atoms with Crippen LogP contribution in [-0.4, -0.2) is 10.9 Å². The molecule has 3 nitrogen and oxygen atoms in total. The minimum atomic E-state index is -0.152. The summed E-state index contributed by atoms with van der Waals surface area (Å²) < 4.78 is 0. The van der Waals surface area contributed by atoms with Gasteiger partial charge in [0.2, 0.25) is 0 Å². The van der Waals surface area contributed by atoms with E-state index in [-0.39, 0.29) is 5.91 Å². The molecule has 0 saturated heterocycles. The third-order valence-corrected chi connectivity index (χ3v) is 4.86. The molecular weight excluding hydrogens is 328 g/mol. The molecule has 0 unspecified atom stereocenters. The zero-order valence-corrected chi connectivity index (χ0v) is 14.3. The number of nitrogens with zero attached hydrogens (tertiary/aromatic N) is 1. The summed E-state index contributed by atoms with van der Waals surface area (Å²) in [4.78, 5) is 17.6. The summed E-state index contributed by atoms with van der Waals surface area (Å²) in [5, 5.41) is 4.36. The lowest BCUT2D eigenvalue weighted by molar-refractivity contribution is 0.103. The molecule has 0 saturated carbocycles. The molecule has 23 heavy (non-hydrogen) atoms. The van der Waals surface area contributed by atoms with Crippen LogP contribution in [0.25, 0.3) is 10.6 Å². The number of halogens is 1. The zero-order valence-electron chi connectivity index (χ0n) is 12.8. The topological polar surface area (TPSA) is 42.0 Å². The molecule has 0 aliphatic heterocycles. The number of nitrogens with one attached hydrogen (secondary N) is 1. The second-order valence-electron chi connectivity index (χ2n) is 5.26. The average Bonchev–Trinajstić information content (AvgIpc) is 2.92. The molecule has 1 N–H and O–H groups in total. The van der Waals surface area contributed by atoms with Gasteiger partial charge < -0.3 is 5.32 Å². The van der Waals surface area contributed by atoms with E-state index in [1.807, 2.05) is 38.1 Å². The molecule has 1 amide bonds. The van der Waals surface area contributed by atoms with Gasteiger partial charge in [0.25, 0.3) is 5.91 Å². The van der Waals surface area contributed by atoms with Gasteiger partial charge in [-0.25, -0.2) is 4.98 Å². The van der Waals surface area contributed by atoms with Crippen molar-refractivity contribution < 1.29 is 4.79 Å². The molecule has 5 heteroatoms. The molecule has 116 valence electrons. The Morgan fingerprint density at radius 3 is 2.35 bits per heavy atom. The van der Waals surface area contributed by atoms with Crippen molar-refractivity contribution in [2.45, 2.75) is 13.8 Å². The van der Waals surface area contributed by atoms with Gasteiger partial charge in [0.1, 0.15) is 9.88 Å². The van der Waals surface area contributed by atoms with Crippen LogP contribution in [-0.2, 0) is 0 Å². The van der Waals surface area contributed by atoms with Crippen molar-refractivity contribution in [3.63, 3.8) is 0 Å². The number of hydrogen-bond acceptors (Lipinski definition) is 3. The molecule has 2 aromatic carbocycles. The van der Waals surface area contributed by atoms with Crippen LogP contribution in [0.4, 0.5) is 5.69 Å². The van der Waals surface area contributed by atoms with Crippen molar-refractivity contribution in [3.05, 3.63) is 69.7 Å². The van der Waals surface area contributed by atoms with Crippen molar-refractivity contribution in [1.29, 1.82) is 0 Å². The molecule has 0 fully saturated rings. The lowest BCUT2D eigenvalue weighted by Crippen LogP contribution is -2.11. The third kappa shape index (κ3) is 3.60. The van der Waals surface area contributed by atoms with Gasteiger partial charge in [-0.3, -0.25) is 4.79 Å². The zero-order chi connectivity index (χ0) is 16.4. The Kier molecular flexibility index (Phi) is 4.46. The summed E-state index contributed by atoms with van der Waals surface area (Å²) in [6.45, 7) is 3.90. The minimum absolute atomic E-state index is 0.152. The van der Waals surface area contributed by atoms with Crippen LogP contribution in [0.2, 0.25) is 5.02 Å². The predicted octanol–water partition coefficient (Wildman–Crippen LogP) is 5.33. The first-order chi connectivity index (χ1) is 11.0. The summed E-state index contributed by atoms with van der Waals surface area (Å²) in [5.74, 6) is -0.152. The maximum atomic E-state index is 12.4. The Bertz CT molecular complexity index is 838. The smallest absolute Gasteiger partial charge is 0.267 e. The van der Waals surface area contributed by atoms with E-state index in [1.165, 1.54) is 16.9 Å². The van der Waals surface area contributed by atoms with E-state index in [0.29, 0.717) is 15.6 Å². The summed E-state index contributed by atoms with van der Waals surface area (Å²) in [6, 6.07) is 15.2. The number of anilines is 1. The molecule has 0 spiro atoms. The molecule has 0 bridgehead atoms. The van der Waals surface area contributed by atoms with Gasteiger partial charge in [-0.15, -0.1) is 11.3 Å². The Morgan fingerprint density at radius 2 is 1.70 bits per heavy atom. The van der Waals surface area contributed by atoms with E-state index in [1.54, 1.807) is 24.3 Å². The van der Waals surface area contributed by atoms with Crippen molar-refractivity contribution in [3.8, 4) is 10.6 Å². The van der Waals surface area contributed by atoms with Gasteiger partial charge >= 0.3 is 0 Å². The molecular formula is C18H15ClN2OS. The van der Waals surface area contributed by atoms with E-state index < -0.39 is 0 Å². The normalized spacial score (nSPS) is 10.6. The molecule has 0 radical (unpaired) electrons. The van der Waals surface area contributed by atoms with Crippen LogP contribution in [0.15, 0.2) is 48.5 Å². The lowest BCUT2D eigenvalue weighted by atomic mass is 10.2. The first-order valence-corrected chi connectivity index (χ1v) is 8.34. The van der Waals surface area contributed by atoms with Crippen molar-refractivity contribution in [2.75, 3.05) is 5.32 Å². The highest BCUT2D eigenvalue weighted by molar-refractivity contribution is 7.17. The highest BCUT2D eigenvalue weighted by Crippen LogP contribution is 2.28. The van der Waals surface area contributed by atoms with E-state index in [9.17, 15) is 4.79 Å². The molecule has 3 aromatic rings. The van der Waals surface area contributed by atoms with Gasteiger partial charge in [-0.2, -0.15) is 0 Å². The molecule has 1 heterocycles. The summed E-state index contributed by atoms with van der Waals surface area (Å²) >= 11 is 7.25. The minimum Gasteiger partial charge on any atom is -0.321 e. The average molecular weight is 343 g/mol. The summed E-state index contributed by atoms with van der Waals surface area (Å²) in [5.41, 5.74) is 3.66. The highest BCUT2D eigenvalue weighted by Gasteiger charge is 2.16. The predicted molar refractivity (Wildman–Crippen MR) is 96.4 cm³/mol. The Balaban J connectivity index is 1.84. The van der Waals surface area contributed by atoms with Gasteiger partial charge in [-0.1, -0.05) is 41.4 Å². The second kappa shape index (κ2) is 6.52. The highest BCUT2D eigenvalue weighted by atomic mass is 35.5. The molecule has 0 aliphatic carbocycles. The number of thiazole rings is 1. The fraction of sp³-hybridized carbons (Fsp3) is 0.111. The van der Waals surface area contributed by atoms with Crippen molar-refractivity contribution in [1.82, 2.24) is 4.98 Å². The van der Waals surface area contributed by atoms with Gasteiger partial charge in [0, 0.05) is 16.3 Å². The molecule has 3 rings (SSSR count). The van der Waals surface area contributed by atoms with E-state index >= 15 is 0 Å². The number of aromatic nitrogens is 1. The quantitative estimate of drug-likeness (QED) is 0.698. The van der Waals surface area contributed by atoms with Crippen LogP contribution >= 0.6 is 22.9 Å². The molecule has 1 aromatic heterocycles. The number of benzene rings is 2. The van der Waals surface area contributed by atoms with Gasteiger partial charge in [-0.05, 0) is 38.1 Å². The van der Waals surface area contributed by atoms with Crippen LogP contribution in [0.3, 0.4) is 0 Å². The molecule has 0 aliphatic rings. The number of carbonyl (C=O) groups is 1. The Labute approximate surface area is 144 Å². The third-order valence-electron chi connectivity index (χ3n) is 3.40. The number of aryl methyl sites for hydroxylation is 2. The Morgan fingerprint density at radius 1 is 1.04 bits per heavy atom. The van der Waals surface area contributed by atoms with E-state index in [4.69, 9.17) is 11.6 Å². The standard InChI is InChI=1S/C18H15ClN2OS/c1-11-3-5-13(6-4-11)18-20-12(2)16(23-18)17(22)21-15-9-7-14(19)8-10-15/h3-10H,1-2H3,(H,21,22). The second-order valence-corrected chi connectivity index (χ2v) is 6.70. The fourth-order valence-corrected chi connectivity index (χ4v) is 3.24. The fourth-order valence-electron chi connectivity index (χ4n) is 2.15. The van der Waals surface area contributed by atoms with E-state index in [0.717, 1.165) is 16.3 Å². The largest absolute Gasteiger partial charge is 0.321 e. The maximum absolute atomic E-state index is 12.4. The summed E-state index contributed by atoms with van der Waals surface area (Å²) in [7, 11) is 0. The first-order valence-electron chi connectivity index (χ1n) is 7.14. The van der Waals surface area contributed by atoms with Crippen LogP contribution in [0.1, 0.15) is 20.9 Å². The van der Waals surface area contributed by atoms with Crippen LogP contribution in [0.5, 0.6) is 0 Å². The van der Waals surface area contributed by atoms with Crippen molar-refractivity contribution >= 4 is 34.5 Å². The van der Waals surface area contributed by atoms with E-state index in [2.05, 4.69) is 10.3 Å². The monoisotopic (exact) mass is 342 g/mol. The Hall–Kier alpha value is -2.17. The van der Waals surface area contributed by atoms with Crippen molar-refractivity contribution in [2.24, 2.45) is 0 Å².